The lowest BCUT2D eigenvalue weighted by Crippen LogP contribution is -2.44. The lowest BCUT2D eigenvalue weighted by atomic mass is 9.85. The van der Waals surface area contributed by atoms with E-state index in [-0.39, 0.29) is 12.0 Å². The highest BCUT2D eigenvalue weighted by molar-refractivity contribution is 7.88. The number of nitrogens with zero attached hydrogens (tertiary/aromatic N) is 1. The van der Waals surface area contributed by atoms with Gasteiger partial charge in [-0.2, -0.15) is 0 Å². The Morgan fingerprint density at radius 3 is 2.24 bits per heavy atom. The number of carbonyl (C=O) groups excluding carboxylic acids is 1. The van der Waals surface area contributed by atoms with Crippen LogP contribution in [0.5, 0.6) is 5.75 Å². The molecule has 1 aromatic rings. The molecule has 7 nitrogen and oxygen atoms in total. The Kier molecular flexibility index (Phi) is 7.70. The molecule has 0 saturated carbocycles. The van der Waals surface area contributed by atoms with Crippen molar-refractivity contribution >= 4 is 39.3 Å². The Hall–Kier alpha value is -1.22. The van der Waals surface area contributed by atoms with Gasteiger partial charge in [0.2, 0.25) is 10.0 Å². The summed E-state index contributed by atoms with van der Waals surface area (Å²) in [6.45, 7) is 6.39. The van der Waals surface area contributed by atoms with Crippen molar-refractivity contribution in [2.75, 3.05) is 26.5 Å². The predicted molar refractivity (Wildman–Crippen MR) is 114 cm³/mol. The summed E-state index contributed by atoms with van der Waals surface area (Å²) in [6, 6.07) is 2.65. The number of piperidine rings is 1. The summed E-state index contributed by atoms with van der Waals surface area (Å²) >= 11 is 12.3. The van der Waals surface area contributed by atoms with Crippen LogP contribution in [0.2, 0.25) is 10.0 Å². The fourth-order valence-electron chi connectivity index (χ4n) is 3.35. The monoisotopic (exact) mass is 466 g/mol. The second kappa shape index (κ2) is 9.29. The molecule has 2 rings (SSSR count). The number of likely N-dealkylation sites (tertiary alicyclic amines) is 1. The zero-order valence-corrected chi connectivity index (χ0v) is 19.6. The van der Waals surface area contributed by atoms with Gasteiger partial charge >= 0.3 is 6.09 Å². The fourth-order valence-corrected chi connectivity index (χ4v) is 4.46. The second-order valence-corrected chi connectivity index (χ2v) is 10.8. The number of carbonyl (C=O) groups is 1. The molecule has 1 aromatic carbocycles. The standard InChI is InChI=1S/C19H28Cl2N2O5S/c1-19(2,3)28-18(24)23-8-6-12(7-9-23)17(22-29(5,25)26)13-10-14(20)15(21)11-16(13)27-4/h10-12,17,22H,6-9H2,1-5H3. The summed E-state index contributed by atoms with van der Waals surface area (Å²) in [7, 11) is -2.02. The van der Waals surface area contributed by atoms with Gasteiger partial charge in [0.1, 0.15) is 11.4 Å². The molecule has 0 spiro atoms. The summed E-state index contributed by atoms with van der Waals surface area (Å²) in [6.07, 6.45) is 1.93. The van der Waals surface area contributed by atoms with E-state index in [1.807, 2.05) is 20.8 Å². The minimum atomic E-state index is -3.51. The number of nitrogens with one attached hydrogen (secondary N) is 1. The summed E-state index contributed by atoms with van der Waals surface area (Å²) < 4.78 is 37.6. The predicted octanol–water partition coefficient (Wildman–Crippen LogP) is 4.24. The first kappa shape index (κ1) is 24.1. The highest BCUT2D eigenvalue weighted by atomic mass is 35.5. The maximum Gasteiger partial charge on any atom is 0.410 e. The second-order valence-electron chi connectivity index (χ2n) is 8.18. The smallest absolute Gasteiger partial charge is 0.410 e. The lowest BCUT2D eigenvalue weighted by molar-refractivity contribution is 0.0171. The van der Waals surface area contributed by atoms with Crippen LogP contribution in [-0.4, -0.2) is 51.5 Å². The quantitative estimate of drug-likeness (QED) is 0.700. The lowest BCUT2D eigenvalue weighted by Gasteiger charge is -2.37. The Morgan fingerprint density at radius 2 is 1.76 bits per heavy atom. The third-order valence-electron chi connectivity index (χ3n) is 4.61. The molecule has 1 aliphatic heterocycles. The zero-order chi connectivity index (χ0) is 22.0. The highest BCUT2D eigenvalue weighted by Gasteiger charge is 2.34. The van der Waals surface area contributed by atoms with Crippen molar-refractivity contribution in [3.05, 3.63) is 27.7 Å². The van der Waals surface area contributed by atoms with Gasteiger partial charge in [-0.1, -0.05) is 23.2 Å². The van der Waals surface area contributed by atoms with E-state index in [2.05, 4.69) is 4.72 Å². The van der Waals surface area contributed by atoms with E-state index in [1.54, 1.807) is 17.0 Å². The number of hydrogen-bond donors (Lipinski definition) is 1. The highest BCUT2D eigenvalue weighted by Crippen LogP contribution is 2.40. The van der Waals surface area contributed by atoms with Crippen LogP contribution in [-0.2, 0) is 14.8 Å². The number of benzene rings is 1. The number of halogens is 2. The first-order valence-corrected chi connectivity index (χ1v) is 11.9. The molecule has 1 aliphatic rings. The van der Waals surface area contributed by atoms with Gasteiger partial charge in [-0.3, -0.25) is 0 Å². The van der Waals surface area contributed by atoms with E-state index in [4.69, 9.17) is 32.7 Å². The van der Waals surface area contributed by atoms with Crippen molar-refractivity contribution in [1.82, 2.24) is 9.62 Å². The first-order chi connectivity index (χ1) is 13.3. The molecule has 1 amide bonds. The van der Waals surface area contributed by atoms with Crippen molar-refractivity contribution in [1.29, 1.82) is 0 Å². The van der Waals surface area contributed by atoms with Crippen molar-refractivity contribution in [2.24, 2.45) is 5.92 Å². The molecule has 29 heavy (non-hydrogen) atoms. The minimum Gasteiger partial charge on any atom is -0.496 e. The number of sulfonamides is 1. The number of amides is 1. The van der Waals surface area contributed by atoms with E-state index in [0.29, 0.717) is 47.3 Å². The Bertz CT molecular complexity index is 847. The molecule has 0 aromatic heterocycles. The van der Waals surface area contributed by atoms with Gasteiger partial charge < -0.3 is 14.4 Å². The number of ether oxygens (including phenoxy) is 2. The molecule has 1 fully saturated rings. The molecule has 1 atom stereocenters. The molecule has 1 saturated heterocycles. The molecule has 0 aliphatic carbocycles. The maximum absolute atomic E-state index is 12.3. The molecule has 1 N–H and O–H groups in total. The largest absolute Gasteiger partial charge is 0.496 e. The third kappa shape index (κ3) is 6.91. The van der Waals surface area contributed by atoms with Gasteiger partial charge in [-0.05, 0) is 45.6 Å². The summed E-state index contributed by atoms with van der Waals surface area (Å²) in [5, 5.41) is 0.638. The molecule has 0 radical (unpaired) electrons. The summed E-state index contributed by atoms with van der Waals surface area (Å²) in [5.41, 5.74) is 0.0462. The summed E-state index contributed by atoms with van der Waals surface area (Å²) in [5.74, 6) is 0.393. The SMILES string of the molecule is COc1cc(Cl)c(Cl)cc1C(NS(C)(=O)=O)C1CCN(C(=O)OC(C)(C)C)CC1. The number of hydrogen-bond acceptors (Lipinski definition) is 5. The van der Waals surface area contributed by atoms with Crippen LogP contribution < -0.4 is 9.46 Å². The molecular formula is C19H28Cl2N2O5S. The van der Waals surface area contributed by atoms with Gasteiger partial charge in [-0.15, -0.1) is 0 Å². The van der Waals surface area contributed by atoms with E-state index >= 15 is 0 Å². The molecule has 0 bridgehead atoms. The van der Waals surface area contributed by atoms with Gasteiger partial charge in [0.05, 0.1) is 29.5 Å². The van der Waals surface area contributed by atoms with E-state index in [9.17, 15) is 13.2 Å². The van der Waals surface area contributed by atoms with Crippen LogP contribution in [0.3, 0.4) is 0 Å². The Morgan fingerprint density at radius 1 is 1.21 bits per heavy atom. The minimum absolute atomic E-state index is 0.0606. The van der Waals surface area contributed by atoms with Crippen molar-refractivity contribution < 1.29 is 22.7 Å². The number of rotatable bonds is 5. The van der Waals surface area contributed by atoms with Gasteiger partial charge in [0, 0.05) is 24.7 Å². The van der Waals surface area contributed by atoms with E-state index in [1.165, 1.54) is 7.11 Å². The molecule has 1 heterocycles. The molecule has 164 valence electrons. The first-order valence-electron chi connectivity index (χ1n) is 9.29. The Labute approximate surface area is 182 Å². The van der Waals surface area contributed by atoms with Crippen LogP contribution in [0.25, 0.3) is 0 Å². The van der Waals surface area contributed by atoms with Crippen molar-refractivity contribution in [3.8, 4) is 5.75 Å². The third-order valence-corrected chi connectivity index (χ3v) is 6.02. The van der Waals surface area contributed by atoms with Crippen LogP contribution >= 0.6 is 23.2 Å². The molecular weight excluding hydrogens is 439 g/mol. The molecule has 1 unspecified atom stereocenters. The van der Waals surface area contributed by atoms with Gasteiger partial charge in [0.15, 0.2) is 0 Å². The topological polar surface area (TPSA) is 84.9 Å². The van der Waals surface area contributed by atoms with Crippen LogP contribution in [0.15, 0.2) is 12.1 Å². The summed E-state index contributed by atoms with van der Waals surface area (Å²) in [4.78, 5) is 14.0. The van der Waals surface area contributed by atoms with Gasteiger partial charge in [-0.25, -0.2) is 17.9 Å². The van der Waals surface area contributed by atoms with Crippen LogP contribution in [0.1, 0.15) is 45.2 Å². The van der Waals surface area contributed by atoms with E-state index < -0.39 is 21.7 Å². The average Bonchev–Trinajstić information content (AvgIpc) is 2.59. The van der Waals surface area contributed by atoms with Crippen LogP contribution in [0.4, 0.5) is 4.79 Å². The molecule has 10 heteroatoms. The fraction of sp³-hybridized carbons (Fsp3) is 0.632. The average molecular weight is 467 g/mol. The van der Waals surface area contributed by atoms with E-state index in [0.717, 1.165) is 6.26 Å². The zero-order valence-electron chi connectivity index (χ0n) is 17.3. The Balaban J connectivity index is 2.25. The van der Waals surface area contributed by atoms with Crippen LogP contribution in [0, 0.1) is 5.92 Å². The van der Waals surface area contributed by atoms with Crippen molar-refractivity contribution in [3.63, 3.8) is 0 Å². The van der Waals surface area contributed by atoms with Gasteiger partial charge in [0.25, 0.3) is 0 Å². The number of methoxy groups -OCH3 is 1. The maximum atomic E-state index is 12.3. The van der Waals surface area contributed by atoms with Crippen molar-refractivity contribution in [2.45, 2.75) is 45.3 Å². The normalized spacial score (nSPS) is 17.1.